The molecule has 7 heteroatoms. The van der Waals surface area contributed by atoms with Crippen LogP contribution >= 0.6 is 0 Å². The SMILES string of the molecule is Cc1cc(S(=O)(=O)NC2CCCCC2)ccc1OCC(=O)N[C@@H]1CCCc2ccccc21. The molecule has 1 saturated carbocycles. The minimum atomic E-state index is -3.56. The molecule has 2 aromatic rings. The maximum atomic E-state index is 12.7. The molecule has 0 aliphatic heterocycles. The first kappa shape index (κ1) is 22.8. The number of benzene rings is 2. The summed E-state index contributed by atoms with van der Waals surface area (Å²) < 4.78 is 34.0. The summed E-state index contributed by atoms with van der Waals surface area (Å²) in [4.78, 5) is 12.7. The summed E-state index contributed by atoms with van der Waals surface area (Å²) in [6.45, 7) is 1.69. The van der Waals surface area contributed by atoms with Gasteiger partial charge in [-0.15, -0.1) is 0 Å². The molecule has 2 aliphatic carbocycles. The lowest BCUT2D eigenvalue weighted by Crippen LogP contribution is -2.36. The maximum absolute atomic E-state index is 12.7. The molecule has 0 radical (unpaired) electrons. The second-order valence-corrected chi connectivity index (χ2v) is 10.6. The Balaban J connectivity index is 1.34. The normalized spacial score (nSPS) is 19.2. The largest absolute Gasteiger partial charge is 0.484 e. The molecule has 2 N–H and O–H groups in total. The molecule has 1 amide bonds. The van der Waals surface area contributed by atoms with E-state index in [1.165, 1.54) is 17.5 Å². The average molecular weight is 457 g/mol. The topological polar surface area (TPSA) is 84.5 Å². The standard InChI is InChI=1S/C25H32N2O4S/c1-18-16-21(32(29,30)27-20-10-3-2-4-11-20)14-15-24(18)31-17-25(28)26-23-13-7-9-19-8-5-6-12-22(19)23/h5-6,8,12,14-16,20,23,27H,2-4,7,9-11,13,17H2,1H3,(H,26,28)/t23-/m1/s1. The molecular weight excluding hydrogens is 424 g/mol. The predicted octanol–water partition coefficient (Wildman–Crippen LogP) is 4.18. The fourth-order valence-corrected chi connectivity index (χ4v) is 6.13. The van der Waals surface area contributed by atoms with E-state index in [9.17, 15) is 13.2 Å². The third-order valence-electron chi connectivity index (χ3n) is 6.45. The van der Waals surface area contributed by atoms with E-state index in [1.807, 2.05) is 12.1 Å². The number of hydrogen-bond acceptors (Lipinski definition) is 4. The first-order valence-corrected chi connectivity index (χ1v) is 13.0. The lowest BCUT2D eigenvalue weighted by atomic mass is 9.88. The van der Waals surface area contributed by atoms with Gasteiger partial charge in [-0.05, 0) is 73.9 Å². The second kappa shape index (κ2) is 10.0. The van der Waals surface area contributed by atoms with Gasteiger partial charge in [0.1, 0.15) is 5.75 Å². The number of hydrogen-bond donors (Lipinski definition) is 2. The van der Waals surface area contributed by atoms with Gasteiger partial charge in [-0.1, -0.05) is 43.5 Å². The van der Waals surface area contributed by atoms with Crippen LogP contribution in [0.25, 0.3) is 0 Å². The summed E-state index contributed by atoms with van der Waals surface area (Å²) in [5, 5.41) is 3.08. The van der Waals surface area contributed by atoms with Crippen molar-refractivity contribution in [3.05, 3.63) is 59.2 Å². The van der Waals surface area contributed by atoms with Gasteiger partial charge in [0.2, 0.25) is 10.0 Å². The molecule has 6 nitrogen and oxygen atoms in total. The smallest absolute Gasteiger partial charge is 0.258 e. The lowest BCUT2D eigenvalue weighted by Gasteiger charge is -2.26. The second-order valence-electron chi connectivity index (χ2n) is 8.88. The zero-order chi connectivity index (χ0) is 22.6. The molecule has 1 atom stereocenters. The van der Waals surface area contributed by atoms with Crippen LogP contribution in [0.15, 0.2) is 47.4 Å². The van der Waals surface area contributed by atoms with Gasteiger partial charge in [0.15, 0.2) is 6.61 Å². The van der Waals surface area contributed by atoms with Crippen LogP contribution in [0.1, 0.15) is 67.7 Å². The minimum absolute atomic E-state index is 0.00975. The number of nitrogens with one attached hydrogen (secondary N) is 2. The third kappa shape index (κ3) is 5.51. The van der Waals surface area contributed by atoms with Crippen molar-refractivity contribution in [2.24, 2.45) is 0 Å². The Labute approximate surface area is 190 Å². The molecule has 0 aromatic heterocycles. The highest BCUT2D eigenvalue weighted by molar-refractivity contribution is 7.89. The van der Waals surface area contributed by atoms with Gasteiger partial charge in [-0.3, -0.25) is 4.79 Å². The summed E-state index contributed by atoms with van der Waals surface area (Å²) in [6.07, 6.45) is 8.09. The van der Waals surface area contributed by atoms with E-state index in [-0.39, 0.29) is 29.5 Å². The quantitative estimate of drug-likeness (QED) is 0.655. The highest BCUT2D eigenvalue weighted by Crippen LogP contribution is 2.29. The number of rotatable bonds is 7. The van der Waals surface area contributed by atoms with E-state index in [0.717, 1.165) is 44.9 Å². The summed E-state index contributed by atoms with van der Waals surface area (Å²) >= 11 is 0. The number of fused-ring (bicyclic) bond motifs is 1. The molecule has 4 rings (SSSR count). The molecule has 2 aliphatic rings. The van der Waals surface area contributed by atoms with Crippen molar-refractivity contribution >= 4 is 15.9 Å². The van der Waals surface area contributed by atoms with Crippen LogP contribution in [0, 0.1) is 6.92 Å². The van der Waals surface area contributed by atoms with Crippen LogP contribution in [0.2, 0.25) is 0 Å². The van der Waals surface area contributed by atoms with E-state index in [0.29, 0.717) is 11.3 Å². The van der Waals surface area contributed by atoms with E-state index < -0.39 is 10.0 Å². The monoisotopic (exact) mass is 456 g/mol. The Hall–Kier alpha value is -2.38. The first-order chi connectivity index (χ1) is 15.4. The van der Waals surface area contributed by atoms with E-state index in [1.54, 1.807) is 25.1 Å². The summed E-state index contributed by atoms with van der Waals surface area (Å²) in [7, 11) is -3.56. The van der Waals surface area contributed by atoms with Crippen LogP contribution in [0.3, 0.4) is 0 Å². The van der Waals surface area contributed by atoms with Crippen molar-refractivity contribution in [2.45, 2.75) is 75.3 Å². The maximum Gasteiger partial charge on any atom is 0.258 e. The van der Waals surface area contributed by atoms with Gasteiger partial charge >= 0.3 is 0 Å². The van der Waals surface area contributed by atoms with Crippen molar-refractivity contribution in [1.29, 1.82) is 0 Å². The molecular formula is C25H32N2O4S. The Morgan fingerprint density at radius 2 is 1.81 bits per heavy atom. The van der Waals surface area contributed by atoms with Crippen LogP contribution in [0.4, 0.5) is 0 Å². The van der Waals surface area contributed by atoms with Crippen molar-refractivity contribution < 1.29 is 17.9 Å². The van der Waals surface area contributed by atoms with Gasteiger partial charge in [-0.25, -0.2) is 13.1 Å². The summed E-state index contributed by atoms with van der Waals surface area (Å²) in [5.74, 6) is 0.336. The highest BCUT2D eigenvalue weighted by atomic mass is 32.2. The summed E-state index contributed by atoms with van der Waals surface area (Å²) in [5.41, 5.74) is 3.16. The molecule has 0 bridgehead atoms. The minimum Gasteiger partial charge on any atom is -0.484 e. The fraction of sp³-hybridized carbons (Fsp3) is 0.480. The number of carbonyl (C=O) groups excluding carboxylic acids is 1. The Morgan fingerprint density at radius 1 is 1.03 bits per heavy atom. The van der Waals surface area contributed by atoms with Crippen molar-refractivity contribution in [1.82, 2.24) is 10.0 Å². The lowest BCUT2D eigenvalue weighted by molar-refractivity contribution is -0.124. The summed E-state index contributed by atoms with van der Waals surface area (Å²) in [6, 6.07) is 13.0. The highest BCUT2D eigenvalue weighted by Gasteiger charge is 2.23. The average Bonchev–Trinajstić information content (AvgIpc) is 2.79. The zero-order valence-electron chi connectivity index (χ0n) is 18.6. The molecule has 0 unspecified atom stereocenters. The fourth-order valence-electron chi connectivity index (χ4n) is 4.74. The molecule has 2 aromatic carbocycles. The van der Waals surface area contributed by atoms with Gasteiger partial charge in [0.05, 0.1) is 10.9 Å². The van der Waals surface area contributed by atoms with Crippen molar-refractivity contribution in [2.75, 3.05) is 6.61 Å². The van der Waals surface area contributed by atoms with Crippen LogP contribution in [-0.2, 0) is 21.2 Å². The predicted molar refractivity (Wildman–Crippen MR) is 124 cm³/mol. The number of ether oxygens (including phenoxy) is 1. The Kier molecular flexibility index (Phi) is 7.16. The molecule has 1 fully saturated rings. The van der Waals surface area contributed by atoms with E-state index in [4.69, 9.17) is 4.74 Å². The molecule has 0 saturated heterocycles. The van der Waals surface area contributed by atoms with Gasteiger partial charge in [-0.2, -0.15) is 0 Å². The molecule has 0 heterocycles. The Morgan fingerprint density at radius 3 is 2.59 bits per heavy atom. The number of carbonyl (C=O) groups is 1. The molecule has 0 spiro atoms. The Bertz CT molecular complexity index is 1060. The number of aryl methyl sites for hydroxylation is 2. The zero-order valence-corrected chi connectivity index (χ0v) is 19.4. The van der Waals surface area contributed by atoms with Crippen LogP contribution in [-0.4, -0.2) is 27.0 Å². The van der Waals surface area contributed by atoms with Crippen molar-refractivity contribution in [3.8, 4) is 5.75 Å². The number of amides is 1. The number of sulfonamides is 1. The van der Waals surface area contributed by atoms with Gasteiger partial charge in [0.25, 0.3) is 5.91 Å². The van der Waals surface area contributed by atoms with Gasteiger partial charge in [0, 0.05) is 6.04 Å². The van der Waals surface area contributed by atoms with E-state index >= 15 is 0 Å². The molecule has 172 valence electrons. The third-order valence-corrected chi connectivity index (χ3v) is 7.97. The first-order valence-electron chi connectivity index (χ1n) is 11.6. The molecule has 32 heavy (non-hydrogen) atoms. The van der Waals surface area contributed by atoms with Crippen LogP contribution in [0.5, 0.6) is 5.75 Å². The van der Waals surface area contributed by atoms with E-state index in [2.05, 4.69) is 22.2 Å². The van der Waals surface area contributed by atoms with Gasteiger partial charge < -0.3 is 10.1 Å². The van der Waals surface area contributed by atoms with Crippen LogP contribution < -0.4 is 14.8 Å². The van der Waals surface area contributed by atoms with Crippen molar-refractivity contribution in [3.63, 3.8) is 0 Å².